The number of carbonyl (C=O) groups excluding carboxylic acids is 2. The highest BCUT2D eigenvalue weighted by atomic mass is 16.6. The molecule has 1 aromatic carbocycles. The van der Waals surface area contributed by atoms with Crippen LogP contribution >= 0.6 is 0 Å². The van der Waals surface area contributed by atoms with E-state index in [4.69, 9.17) is 4.74 Å². The van der Waals surface area contributed by atoms with Crippen LogP contribution in [0, 0.1) is 0 Å². The van der Waals surface area contributed by atoms with Crippen molar-refractivity contribution in [2.24, 2.45) is 0 Å². The number of hydrogen-bond donors (Lipinski definition) is 0. The van der Waals surface area contributed by atoms with E-state index in [9.17, 15) is 9.59 Å². The standard InChI is InChI=1S/C16H21NO3/c1-4-20-16(19)17(3)12-8-9-13-14(10-12)11(2)6-5-7-15(13)18/h8-11H,4-7H2,1-3H3. The van der Waals surface area contributed by atoms with Crippen LogP contribution in [0.2, 0.25) is 0 Å². The lowest BCUT2D eigenvalue weighted by Crippen LogP contribution is -2.27. The van der Waals surface area contributed by atoms with Gasteiger partial charge in [0.1, 0.15) is 0 Å². The maximum atomic E-state index is 12.1. The predicted octanol–water partition coefficient (Wildman–Crippen LogP) is 3.75. The molecule has 1 unspecified atom stereocenters. The number of amides is 1. The lowest BCUT2D eigenvalue weighted by molar-refractivity contribution is 0.0982. The van der Waals surface area contributed by atoms with Gasteiger partial charge in [0.05, 0.1) is 6.61 Å². The topological polar surface area (TPSA) is 46.6 Å². The van der Waals surface area contributed by atoms with Gasteiger partial charge in [-0.15, -0.1) is 0 Å². The molecule has 0 N–H and O–H groups in total. The quantitative estimate of drug-likeness (QED) is 0.772. The van der Waals surface area contributed by atoms with Gasteiger partial charge in [-0.3, -0.25) is 9.69 Å². The number of benzene rings is 1. The molecule has 2 rings (SSSR count). The molecule has 0 saturated heterocycles. The molecule has 0 heterocycles. The van der Waals surface area contributed by atoms with Gasteiger partial charge >= 0.3 is 6.09 Å². The van der Waals surface area contributed by atoms with Crippen molar-refractivity contribution >= 4 is 17.6 Å². The van der Waals surface area contributed by atoms with Crippen LogP contribution in [0.15, 0.2) is 18.2 Å². The largest absolute Gasteiger partial charge is 0.449 e. The third-order valence-electron chi connectivity index (χ3n) is 3.84. The van der Waals surface area contributed by atoms with Gasteiger partial charge in [0, 0.05) is 24.7 Å². The highest BCUT2D eigenvalue weighted by Gasteiger charge is 2.22. The monoisotopic (exact) mass is 275 g/mol. The Kier molecular flexibility index (Phi) is 4.42. The number of ketones is 1. The second-order valence-electron chi connectivity index (χ2n) is 5.25. The van der Waals surface area contributed by atoms with Gasteiger partial charge in [0.25, 0.3) is 0 Å². The lowest BCUT2D eigenvalue weighted by atomic mass is 9.93. The van der Waals surface area contributed by atoms with E-state index in [-0.39, 0.29) is 11.9 Å². The molecule has 0 spiro atoms. The van der Waals surface area contributed by atoms with E-state index in [2.05, 4.69) is 6.92 Å². The molecule has 0 bridgehead atoms. The van der Waals surface area contributed by atoms with E-state index in [0.717, 1.165) is 29.7 Å². The molecule has 0 radical (unpaired) electrons. The summed E-state index contributed by atoms with van der Waals surface area (Å²) >= 11 is 0. The second kappa shape index (κ2) is 6.07. The Morgan fingerprint density at radius 1 is 1.45 bits per heavy atom. The van der Waals surface area contributed by atoms with Crippen LogP contribution in [0.4, 0.5) is 10.5 Å². The summed E-state index contributed by atoms with van der Waals surface area (Å²) in [7, 11) is 1.68. The molecule has 0 aromatic heterocycles. The average molecular weight is 275 g/mol. The fraction of sp³-hybridized carbons (Fsp3) is 0.500. The van der Waals surface area contributed by atoms with Gasteiger partial charge in [0.15, 0.2) is 5.78 Å². The molecule has 4 nitrogen and oxygen atoms in total. The first-order valence-electron chi connectivity index (χ1n) is 7.12. The van der Waals surface area contributed by atoms with E-state index in [1.165, 1.54) is 4.90 Å². The number of rotatable bonds is 2. The van der Waals surface area contributed by atoms with Crippen LogP contribution in [0.25, 0.3) is 0 Å². The zero-order valence-electron chi connectivity index (χ0n) is 12.3. The van der Waals surface area contributed by atoms with Crippen molar-refractivity contribution in [3.05, 3.63) is 29.3 Å². The SMILES string of the molecule is CCOC(=O)N(C)c1ccc2c(c1)C(C)CCCC2=O. The van der Waals surface area contributed by atoms with Crippen LogP contribution in [-0.4, -0.2) is 25.5 Å². The van der Waals surface area contributed by atoms with Crippen LogP contribution in [0.1, 0.15) is 54.9 Å². The smallest absolute Gasteiger partial charge is 0.413 e. The fourth-order valence-corrected chi connectivity index (χ4v) is 2.61. The van der Waals surface area contributed by atoms with Crippen LogP contribution in [0.3, 0.4) is 0 Å². The molecule has 4 heteroatoms. The first kappa shape index (κ1) is 14.6. The van der Waals surface area contributed by atoms with E-state index >= 15 is 0 Å². The summed E-state index contributed by atoms with van der Waals surface area (Å²) in [4.78, 5) is 25.3. The first-order chi connectivity index (χ1) is 9.54. The predicted molar refractivity (Wildman–Crippen MR) is 78.5 cm³/mol. The Labute approximate surface area is 119 Å². The molecule has 1 aliphatic carbocycles. The minimum atomic E-state index is -0.375. The molecular weight excluding hydrogens is 254 g/mol. The third kappa shape index (κ3) is 2.84. The summed E-state index contributed by atoms with van der Waals surface area (Å²) in [5.74, 6) is 0.543. The highest BCUT2D eigenvalue weighted by Crippen LogP contribution is 2.32. The van der Waals surface area contributed by atoms with Crippen LogP contribution in [-0.2, 0) is 4.74 Å². The van der Waals surface area contributed by atoms with E-state index < -0.39 is 0 Å². The van der Waals surface area contributed by atoms with Gasteiger partial charge in [-0.05, 0) is 49.4 Å². The molecule has 0 fully saturated rings. The zero-order valence-corrected chi connectivity index (χ0v) is 12.3. The first-order valence-corrected chi connectivity index (χ1v) is 7.12. The molecule has 108 valence electrons. The molecule has 1 amide bonds. The Bertz CT molecular complexity index is 524. The molecule has 0 saturated carbocycles. The van der Waals surface area contributed by atoms with Crippen molar-refractivity contribution in [1.29, 1.82) is 0 Å². The number of nitrogens with zero attached hydrogens (tertiary/aromatic N) is 1. The van der Waals surface area contributed by atoms with Crippen molar-refractivity contribution < 1.29 is 14.3 Å². The van der Waals surface area contributed by atoms with Crippen molar-refractivity contribution in [1.82, 2.24) is 0 Å². The Morgan fingerprint density at radius 2 is 2.20 bits per heavy atom. The van der Waals surface area contributed by atoms with Gasteiger partial charge < -0.3 is 4.74 Å². The molecular formula is C16H21NO3. The van der Waals surface area contributed by atoms with E-state index in [1.54, 1.807) is 14.0 Å². The minimum Gasteiger partial charge on any atom is -0.449 e. The van der Waals surface area contributed by atoms with Crippen LogP contribution < -0.4 is 4.90 Å². The average Bonchev–Trinajstić information content (AvgIpc) is 2.58. The maximum absolute atomic E-state index is 12.1. The van der Waals surface area contributed by atoms with Crippen molar-refractivity contribution in [3.63, 3.8) is 0 Å². The van der Waals surface area contributed by atoms with E-state index in [0.29, 0.717) is 18.9 Å². The maximum Gasteiger partial charge on any atom is 0.413 e. The molecule has 0 aliphatic heterocycles. The summed E-state index contributed by atoms with van der Waals surface area (Å²) in [6, 6.07) is 5.59. The number of hydrogen-bond acceptors (Lipinski definition) is 3. The fourth-order valence-electron chi connectivity index (χ4n) is 2.61. The molecule has 1 aromatic rings. The minimum absolute atomic E-state index is 0.203. The summed E-state index contributed by atoms with van der Waals surface area (Å²) in [5, 5.41) is 0. The Morgan fingerprint density at radius 3 is 2.90 bits per heavy atom. The van der Waals surface area contributed by atoms with Crippen molar-refractivity contribution in [2.75, 3.05) is 18.6 Å². The lowest BCUT2D eigenvalue weighted by Gasteiger charge is -2.20. The van der Waals surface area contributed by atoms with Crippen LogP contribution in [0.5, 0.6) is 0 Å². The second-order valence-corrected chi connectivity index (χ2v) is 5.25. The summed E-state index contributed by atoms with van der Waals surface area (Å²) in [6.07, 6.45) is 2.17. The Balaban J connectivity index is 2.35. The number of fused-ring (bicyclic) bond motifs is 1. The summed E-state index contributed by atoms with van der Waals surface area (Å²) in [5.41, 5.74) is 2.61. The van der Waals surface area contributed by atoms with Gasteiger partial charge in [-0.2, -0.15) is 0 Å². The number of ether oxygens (including phenoxy) is 1. The Hall–Kier alpha value is -1.84. The van der Waals surface area contributed by atoms with Gasteiger partial charge in [-0.25, -0.2) is 4.79 Å². The third-order valence-corrected chi connectivity index (χ3v) is 3.84. The normalized spacial score (nSPS) is 18.1. The van der Waals surface area contributed by atoms with Gasteiger partial charge in [0.2, 0.25) is 0 Å². The van der Waals surface area contributed by atoms with Crippen molar-refractivity contribution in [3.8, 4) is 0 Å². The highest BCUT2D eigenvalue weighted by molar-refractivity contribution is 5.99. The van der Waals surface area contributed by atoms with Crippen molar-refractivity contribution in [2.45, 2.75) is 39.0 Å². The van der Waals surface area contributed by atoms with Gasteiger partial charge in [-0.1, -0.05) is 6.92 Å². The van der Waals surface area contributed by atoms with E-state index in [1.807, 2.05) is 18.2 Å². The number of carbonyl (C=O) groups is 2. The molecule has 1 aliphatic rings. The molecule has 20 heavy (non-hydrogen) atoms. The summed E-state index contributed by atoms with van der Waals surface area (Å²) in [6.45, 7) is 4.26. The number of Topliss-reactive ketones (excluding diaryl/α,β-unsaturated/α-hetero) is 1. The summed E-state index contributed by atoms with van der Waals surface area (Å²) < 4.78 is 4.99. The zero-order chi connectivity index (χ0) is 14.7. The molecule has 1 atom stereocenters. The number of anilines is 1.